The van der Waals surface area contributed by atoms with Crippen LogP contribution in [0.3, 0.4) is 0 Å². The van der Waals surface area contributed by atoms with E-state index in [1.54, 1.807) is 23.7 Å². The molecule has 3 aromatic rings. The van der Waals surface area contributed by atoms with E-state index in [0.717, 1.165) is 4.88 Å². The Kier molecular flexibility index (Phi) is 4.49. The number of furan rings is 1. The molecule has 0 saturated heterocycles. The summed E-state index contributed by atoms with van der Waals surface area (Å²) in [5, 5.41) is 8.04. The molecule has 0 bridgehead atoms. The lowest BCUT2D eigenvalue weighted by molar-refractivity contribution is -0.115. The second-order valence-corrected chi connectivity index (χ2v) is 6.67. The molecule has 0 aliphatic heterocycles. The van der Waals surface area contributed by atoms with Gasteiger partial charge in [0.1, 0.15) is 0 Å². The SMILES string of the molecule is Cc1cnc(NC(=O)Cc2csc(NC(=O)c3ccco3)n2)s1. The summed E-state index contributed by atoms with van der Waals surface area (Å²) in [5.41, 5.74) is 0.579. The smallest absolute Gasteiger partial charge is 0.293 e. The third-order valence-electron chi connectivity index (χ3n) is 2.73. The Labute approximate surface area is 139 Å². The average Bonchev–Trinajstić information content (AvgIpc) is 3.21. The number of aromatic nitrogens is 2. The van der Waals surface area contributed by atoms with Crippen molar-refractivity contribution in [2.45, 2.75) is 13.3 Å². The third kappa shape index (κ3) is 4.02. The minimum atomic E-state index is -0.376. The molecular formula is C14H12N4O3S2. The lowest BCUT2D eigenvalue weighted by atomic mass is 10.3. The largest absolute Gasteiger partial charge is 0.459 e. The van der Waals surface area contributed by atoms with Crippen molar-refractivity contribution in [1.29, 1.82) is 0 Å². The van der Waals surface area contributed by atoms with Crippen molar-refractivity contribution >= 4 is 44.8 Å². The maximum Gasteiger partial charge on any atom is 0.293 e. The van der Waals surface area contributed by atoms with E-state index in [9.17, 15) is 9.59 Å². The van der Waals surface area contributed by atoms with Gasteiger partial charge in [-0.1, -0.05) is 0 Å². The molecule has 0 aliphatic rings. The van der Waals surface area contributed by atoms with Gasteiger partial charge in [0.05, 0.1) is 18.4 Å². The van der Waals surface area contributed by atoms with Gasteiger partial charge in [0.15, 0.2) is 16.0 Å². The van der Waals surface area contributed by atoms with Crippen LogP contribution < -0.4 is 10.6 Å². The number of nitrogens with zero attached hydrogens (tertiary/aromatic N) is 2. The van der Waals surface area contributed by atoms with Crippen LogP contribution in [0.4, 0.5) is 10.3 Å². The minimum absolute atomic E-state index is 0.117. The first-order valence-corrected chi connectivity index (χ1v) is 8.31. The number of nitrogens with one attached hydrogen (secondary N) is 2. The van der Waals surface area contributed by atoms with E-state index in [2.05, 4.69) is 20.6 Å². The van der Waals surface area contributed by atoms with E-state index in [0.29, 0.717) is 16.0 Å². The molecule has 0 aromatic carbocycles. The fourth-order valence-electron chi connectivity index (χ4n) is 1.75. The zero-order valence-corrected chi connectivity index (χ0v) is 13.7. The summed E-state index contributed by atoms with van der Waals surface area (Å²) in [6.45, 7) is 1.92. The predicted molar refractivity (Wildman–Crippen MR) is 88.0 cm³/mol. The Balaban J connectivity index is 1.56. The molecule has 23 heavy (non-hydrogen) atoms. The third-order valence-corrected chi connectivity index (χ3v) is 4.36. The van der Waals surface area contributed by atoms with Gasteiger partial charge >= 0.3 is 0 Å². The molecule has 0 saturated carbocycles. The molecule has 0 atom stereocenters. The molecule has 9 heteroatoms. The van der Waals surface area contributed by atoms with E-state index in [4.69, 9.17) is 4.42 Å². The fourth-order valence-corrected chi connectivity index (χ4v) is 3.14. The van der Waals surface area contributed by atoms with Gasteiger partial charge in [-0.2, -0.15) is 0 Å². The molecule has 0 unspecified atom stereocenters. The monoisotopic (exact) mass is 348 g/mol. The van der Waals surface area contributed by atoms with Crippen molar-refractivity contribution in [3.05, 3.63) is 46.3 Å². The van der Waals surface area contributed by atoms with Gasteiger partial charge in [-0.25, -0.2) is 9.97 Å². The van der Waals surface area contributed by atoms with E-state index in [-0.39, 0.29) is 24.0 Å². The number of aryl methyl sites for hydroxylation is 1. The van der Waals surface area contributed by atoms with Crippen molar-refractivity contribution in [3.8, 4) is 0 Å². The summed E-state index contributed by atoms with van der Waals surface area (Å²) in [7, 11) is 0. The summed E-state index contributed by atoms with van der Waals surface area (Å²) in [6.07, 6.45) is 3.24. The van der Waals surface area contributed by atoms with E-state index in [1.807, 2.05) is 6.92 Å². The predicted octanol–water partition coefficient (Wildman–Crippen LogP) is 2.93. The van der Waals surface area contributed by atoms with Gasteiger partial charge in [-0.05, 0) is 19.1 Å². The number of hydrogen-bond donors (Lipinski definition) is 2. The Morgan fingerprint density at radius 1 is 1.30 bits per heavy atom. The second kappa shape index (κ2) is 6.71. The van der Waals surface area contributed by atoms with Crippen LogP contribution in [0.5, 0.6) is 0 Å². The van der Waals surface area contributed by atoms with Crippen LogP contribution in [0.15, 0.2) is 34.4 Å². The molecule has 2 amide bonds. The van der Waals surface area contributed by atoms with Gasteiger partial charge in [0.2, 0.25) is 5.91 Å². The lowest BCUT2D eigenvalue weighted by Gasteiger charge is -1.99. The average molecular weight is 348 g/mol. The number of carbonyl (C=O) groups is 2. The molecule has 0 aliphatic carbocycles. The minimum Gasteiger partial charge on any atom is -0.459 e. The van der Waals surface area contributed by atoms with Crippen molar-refractivity contribution in [1.82, 2.24) is 9.97 Å². The van der Waals surface area contributed by atoms with Crippen LogP contribution in [-0.2, 0) is 11.2 Å². The molecule has 7 nitrogen and oxygen atoms in total. The van der Waals surface area contributed by atoms with Gasteiger partial charge < -0.3 is 9.73 Å². The number of carbonyl (C=O) groups excluding carboxylic acids is 2. The van der Waals surface area contributed by atoms with Crippen LogP contribution in [0.25, 0.3) is 0 Å². The topological polar surface area (TPSA) is 97.1 Å². The van der Waals surface area contributed by atoms with Crippen molar-refractivity contribution in [3.63, 3.8) is 0 Å². The molecule has 0 radical (unpaired) electrons. The highest BCUT2D eigenvalue weighted by atomic mass is 32.1. The van der Waals surface area contributed by atoms with Gasteiger partial charge in [-0.15, -0.1) is 22.7 Å². The Morgan fingerprint density at radius 3 is 2.87 bits per heavy atom. The number of thiazole rings is 2. The van der Waals surface area contributed by atoms with Gasteiger partial charge in [-0.3, -0.25) is 14.9 Å². The summed E-state index contributed by atoms with van der Waals surface area (Å²) in [6, 6.07) is 3.19. The van der Waals surface area contributed by atoms with E-state index >= 15 is 0 Å². The fraction of sp³-hybridized carbons (Fsp3) is 0.143. The van der Waals surface area contributed by atoms with Crippen LogP contribution in [0, 0.1) is 6.92 Å². The number of rotatable bonds is 5. The highest BCUT2D eigenvalue weighted by Crippen LogP contribution is 2.19. The molecular weight excluding hydrogens is 336 g/mol. The van der Waals surface area contributed by atoms with E-state index in [1.165, 1.54) is 28.9 Å². The summed E-state index contributed by atoms with van der Waals surface area (Å²) in [5.74, 6) is -0.370. The van der Waals surface area contributed by atoms with Crippen molar-refractivity contribution in [2.75, 3.05) is 10.6 Å². The highest BCUT2D eigenvalue weighted by molar-refractivity contribution is 7.15. The van der Waals surface area contributed by atoms with Crippen LogP contribution in [0.1, 0.15) is 21.1 Å². The first-order valence-electron chi connectivity index (χ1n) is 6.61. The standard InChI is InChI=1S/C14H12N4O3S2/c1-8-6-15-13(23-8)17-11(19)5-9-7-22-14(16-9)18-12(20)10-3-2-4-21-10/h2-4,6-7H,5H2,1H3,(H,15,17,19)(H,16,18,20). The normalized spacial score (nSPS) is 10.5. The van der Waals surface area contributed by atoms with Crippen LogP contribution in [0.2, 0.25) is 0 Å². The quantitative estimate of drug-likeness (QED) is 0.739. The summed E-state index contributed by atoms with van der Waals surface area (Å²) in [4.78, 5) is 33.1. The van der Waals surface area contributed by atoms with Gasteiger partial charge in [0.25, 0.3) is 5.91 Å². The van der Waals surface area contributed by atoms with Gasteiger partial charge in [0, 0.05) is 16.5 Å². The molecule has 3 aromatic heterocycles. The van der Waals surface area contributed by atoms with Crippen LogP contribution >= 0.6 is 22.7 Å². The molecule has 0 fully saturated rings. The number of anilines is 2. The Morgan fingerprint density at radius 2 is 2.17 bits per heavy atom. The zero-order chi connectivity index (χ0) is 16.2. The van der Waals surface area contributed by atoms with Crippen LogP contribution in [-0.4, -0.2) is 21.8 Å². The lowest BCUT2D eigenvalue weighted by Crippen LogP contribution is -2.14. The van der Waals surface area contributed by atoms with Crippen molar-refractivity contribution in [2.24, 2.45) is 0 Å². The van der Waals surface area contributed by atoms with Crippen molar-refractivity contribution < 1.29 is 14.0 Å². The summed E-state index contributed by atoms with van der Waals surface area (Å²) < 4.78 is 5.00. The summed E-state index contributed by atoms with van der Waals surface area (Å²) >= 11 is 2.66. The molecule has 3 rings (SSSR count). The highest BCUT2D eigenvalue weighted by Gasteiger charge is 2.13. The Hall–Kier alpha value is -2.52. The molecule has 118 valence electrons. The first-order chi connectivity index (χ1) is 11.1. The number of hydrogen-bond acceptors (Lipinski definition) is 7. The first kappa shape index (κ1) is 15.4. The maximum atomic E-state index is 11.9. The molecule has 0 spiro atoms. The second-order valence-electron chi connectivity index (χ2n) is 4.58. The zero-order valence-electron chi connectivity index (χ0n) is 12.0. The molecule has 3 heterocycles. The number of amides is 2. The Bertz CT molecular complexity index is 823. The molecule has 2 N–H and O–H groups in total. The van der Waals surface area contributed by atoms with E-state index < -0.39 is 0 Å². The maximum absolute atomic E-state index is 11.9.